The minimum Gasteiger partial charge on any atom is -0.308 e. The molecule has 0 saturated carbocycles. The third-order valence-electron chi connectivity index (χ3n) is 19.4. The molecule has 5 nitrogen and oxygen atoms in total. The smallest absolute Gasteiger partial charge is 0.124 e. The molecule has 0 saturated heterocycles. The Morgan fingerprint density at radius 2 is 0.576 bits per heavy atom. The van der Waals surface area contributed by atoms with Gasteiger partial charge in [-0.25, -0.2) is 4.98 Å². The minimum atomic E-state index is -0.352. The van der Waals surface area contributed by atoms with Crippen molar-refractivity contribution in [3.05, 3.63) is 293 Å². The fraction of sp³-hybridized carbons (Fsp3) is 0.152. The molecule has 85 heavy (non-hydrogen) atoms. The maximum Gasteiger partial charge on any atom is 0.124 e. The van der Waals surface area contributed by atoms with Crippen LogP contribution in [0.5, 0.6) is 0 Å². The van der Waals surface area contributed by atoms with E-state index in [-0.39, 0.29) is 21.7 Å². The highest BCUT2D eigenvalue weighted by atomic mass is 32.1. The summed E-state index contributed by atoms with van der Waals surface area (Å²) in [5, 5.41) is 0.989. The predicted octanol–water partition coefficient (Wildman–Crippen LogP) is 22.1. The summed E-state index contributed by atoms with van der Waals surface area (Å²) in [7, 11) is 0. The molecular weight excluding hydrogens is 1050 g/mol. The quantitative estimate of drug-likeness (QED) is 0.165. The van der Waals surface area contributed by atoms with Crippen molar-refractivity contribution >= 4 is 89.8 Å². The summed E-state index contributed by atoms with van der Waals surface area (Å²) in [4.78, 5) is 15.9. The van der Waals surface area contributed by atoms with Crippen LogP contribution in [0.25, 0.3) is 31.9 Å². The molecule has 4 aliphatic heterocycles. The SMILES string of the molecule is CC1(C)c2ccccc2N(c2cc(-c3cccc(-c4nc5ccccc5s4)c3)c(N3c4ccccc4C(C)(C)c4ccccc43)c(N3c4ccccc4C(C)(C)c4ccccc43)c2N2c3ccccc3C(C)(C)c3ccccc32)c2ccccc21. The lowest BCUT2D eigenvalue weighted by Crippen LogP contribution is -2.36. The van der Waals surface area contributed by atoms with Crippen molar-refractivity contribution in [1.82, 2.24) is 4.98 Å². The normalized spacial score (nSPS) is 16.0. The highest BCUT2D eigenvalue weighted by molar-refractivity contribution is 7.21. The van der Waals surface area contributed by atoms with E-state index in [1.165, 1.54) is 49.2 Å². The molecule has 0 bridgehead atoms. The lowest BCUT2D eigenvalue weighted by atomic mass is 9.72. The molecule has 1 aromatic heterocycles. The van der Waals surface area contributed by atoms with Crippen molar-refractivity contribution in [2.75, 3.05) is 19.6 Å². The summed E-state index contributed by atoms with van der Waals surface area (Å²) in [5.41, 5.74) is 26.4. The number of benzene rings is 11. The van der Waals surface area contributed by atoms with E-state index in [0.29, 0.717) is 0 Å². The van der Waals surface area contributed by atoms with Gasteiger partial charge in [-0.2, -0.15) is 0 Å². The van der Waals surface area contributed by atoms with E-state index in [0.717, 1.165) is 95.5 Å². The summed E-state index contributed by atoms with van der Waals surface area (Å²) in [6.45, 7) is 19.2. The fourth-order valence-electron chi connectivity index (χ4n) is 15.2. The predicted molar refractivity (Wildman–Crippen MR) is 358 cm³/mol. The van der Waals surface area contributed by atoms with E-state index in [1.807, 2.05) is 0 Å². The number of aromatic nitrogens is 1. The number of anilines is 12. The van der Waals surface area contributed by atoms with Gasteiger partial charge in [0, 0.05) is 32.8 Å². The number of rotatable bonds is 6. The third-order valence-corrected chi connectivity index (χ3v) is 20.5. The number of fused-ring (bicyclic) bond motifs is 9. The first-order valence-corrected chi connectivity index (χ1v) is 30.7. The Bertz CT molecular complexity index is 4500. The van der Waals surface area contributed by atoms with E-state index in [1.54, 1.807) is 11.3 Å². The highest BCUT2D eigenvalue weighted by Crippen LogP contribution is 2.68. The first kappa shape index (κ1) is 51.2. The zero-order valence-electron chi connectivity index (χ0n) is 49.3. The summed E-state index contributed by atoms with van der Waals surface area (Å²) in [6, 6.07) is 93.8. The molecule has 4 aliphatic rings. The number of para-hydroxylation sites is 9. The molecule has 412 valence electrons. The number of nitrogens with zero attached hydrogens (tertiary/aromatic N) is 5. The molecule has 0 N–H and O–H groups in total. The van der Waals surface area contributed by atoms with Gasteiger partial charge in [-0.15, -0.1) is 11.3 Å². The molecular formula is C79H65N5S. The lowest BCUT2D eigenvalue weighted by Gasteiger charge is -2.50. The van der Waals surface area contributed by atoms with E-state index < -0.39 is 0 Å². The monoisotopic (exact) mass is 1120 g/mol. The molecule has 0 radical (unpaired) electrons. The Balaban J connectivity index is 1.18. The minimum absolute atomic E-state index is 0.320. The second-order valence-corrected chi connectivity index (χ2v) is 26.6. The average molecular weight is 1120 g/mol. The number of hydrogen-bond donors (Lipinski definition) is 0. The van der Waals surface area contributed by atoms with Gasteiger partial charge in [0.2, 0.25) is 0 Å². The Kier molecular flexibility index (Phi) is 11.1. The summed E-state index contributed by atoms with van der Waals surface area (Å²) in [5.74, 6) is 0. The van der Waals surface area contributed by atoms with Crippen LogP contribution in [0.1, 0.15) is 99.9 Å². The zero-order valence-corrected chi connectivity index (χ0v) is 50.1. The van der Waals surface area contributed by atoms with Crippen molar-refractivity contribution in [1.29, 1.82) is 0 Å². The zero-order chi connectivity index (χ0) is 57.7. The van der Waals surface area contributed by atoms with Crippen LogP contribution in [0.15, 0.2) is 249 Å². The summed E-state index contributed by atoms with van der Waals surface area (Å²) >= 11 is 1.75. The van der Waals surface area contributed by atoms with Crippen LogP contribution in [0.3, 0.4) is 0 Å². The molecule has 5 heterocycles. The second-order valence-electron chi connectivity index (χ2n) is 25.5. The third kappa shape index (κ3) is 7.31. The van der Waals surface area contributed by atoms with Crippen molar-refractivity contribution < 1.29 is 0 Å². The largest absolute Gasteiger partial charge is 0.308 e. The maximum atomic E-state index is 5.33. The van der Waals surface area contributed by atoms with Crippen LogP contribution in [-0.4, -0.2) is 4.98 Å². The molecule has 0 unspecified atom stereocenters. The van der Waals surface area contributed by atoms with E-state index >= 15 is 0 Å². The van der Waals surface area contributed by atoms with Crippen molar-refractivity contribution in [3.8, 4) is 21.7 Å². The van der Waals surface area contributed by atoms with E-state index in [9.17, 15) is 0 Å². The standard InChI is InChI=1S/C79H65N5S/c1-76(2)53-30-9-18-39-62(53)81(63-40-19-10-31-54(63)76)70-49-52(50-28-27-29-51(48-50)75-80-61-38-17-26-47-71(61)85-75)72(82-64-41-20-11-32-55(64)77(3,4)56-33-12-21-42-65(56)82)74(84-68-45-24-15-36-59(68)79(7,8)60-37-16-25-46-69(60)84)73(70)83-66-43-22-13-34-57(66)78(5,6)58-35-14-23-44-67(58)83/h9-49H,1-8H3. The second kappa shape index (κ2) is 18.5. The Labute approximate surface area is 503 Å². The van der Waals surface area contributed by atoms with Crippen LogP contribution in [0.4, 0.5) is 68.2 Å². The van der Waals surface area contributed by atoms with Gasteiger partial charge in [-0.05, 0) is 123 Å². The first-order chi connectivity index (χ1) is 41.2. The van der Waals surface area contributed by atoms with Gasteiger partial charge in [0.25, 0.3) is 0 Å². The molecule has 0 spiro atoms. The Morgan fingerprint density at radius 1 is 0.271 bits per heavy atom. The van der Waals surface area contributed by atoms with Gasteiger partial charge < -0.3 is 19.6 Å². The van der Waals surface area contributed by atoms with Gasteiger partial charge in [0.15, 0.2) is 0 Å². The van der Waals surface area contributed by atoms with Gasteiger partial charge in [-0.1, -0.05) is 231 Å². The van der Waals surface area contributed by atoms with Crippen LogP contribution >= 0.6 is 11.3 Å². The Morgan fingerprint density at radius 3 is 0.953 bits per heavy atom. The molecule has 0 amide bonds. The van der Waals surface area contributed by atoms with Crippen LogP contribution < -0.4 is 19.6 Å². The molecule has 12 aromatic rings. The number of thiazole rings is 1. The van der Waals surface area contributed by atoms with Gasteiger partial charge in [0.05, 0.1) is 78.5 Å². The molecule has 6 heteroatoms. The first-order valence-electron chi connectivity index (χ1n) is 29.9. The van der Waals surface area contributed by atoms with Gasteiger partial charge in [-0.3, -0.25) is 0 Å². The maximum absolute atomic E-state index is 5.33. The van der Waals surface area contributed by atoms with E-state index in [4.69, 9.17) is 4.98 Å². The van der Waals surface area contributed by atoms with Crippen molar-refractivity contribution in [2.24, 2.45) is 0 Å². The Hall–Kier alpha value is -9.49. The molecule has 0 atom stereocenters. The van der Waals surface area contributed by atoms with Crippen LogP contribution in [0, 0.1) is 0 Å². The average Bonchev–Trinajstić information content (AvgIpc) is 0.951. The van der Waals surface area contributed by atoms with Gasteiger partial charge in [0.1, 0.15) is 5.01 Å². The molecule has 16 rings (SSSR count). The molecule has 11 aromatic carbocycles. The summed E-state index contributed by atoms with van der Waals surface area (Å²) in [6.07, 6.45) is 0. The molecule has 0 aliphatic carbocycles. The molecule has 0 fully saturated rings. The number of hydrogen-bond acceptors (Lipinski definition) is 6. The highest BCUT2D eigenvalue weighted by Gasteiger charge is 2.48. The topological polar surface area (TPSA) is 25.9 Å². The van der Waals surface area contributed by atoms with Crippen molar-refractivity contribution in [2.45, 2.75) is 77.0 Å². The van der Waals surface area contributed by atoms with Crippen LogP contribution in [-0.2, 0) is 21.7 Å². The van der Waals surface area contributed by atoms with Gasteiger partial charge >= 0.3 is 0 Å². The fourth-order valence-corrected chi connectivity index (χ4v) is 16.1. The van der Waals surface area contributed by atoms with Crippen LogP contribution in [0.2, 0.25) is 0 Å². The van der Waals surface area contributed by atoms with Crippen molar-refractivity contribution in [3.63, 3.8) is 0 Å². The van der Waals surface area contributed by atoms with E-state index in [2.05, 4.69) is 324 Å². The lowest BCUT2D eigenvalue weighted by molar-refractivity contribution is 0.629. The summed E-state index contributed by atoms with van der Waals surface area (Å²) < 4.78 is 1.17.